The molecule has 3 nitrogen and oxygen atoms in total. The number of hydrogen-bond acceptors (Lipinski definition) is 3. The van der Waals surface area contributed by atoms with Crippen molar-refractivity contribution in [2.24, 2.45) is 0 Å². The van der Waals surface area contributed by atoms with E-state index in [9.17, 15) is 12.8 Å². The van der Waals surface area contributed by atoms with E-state index < -0.39 is 15.8 Å². The molecule has 0 bridgehead atoms. The Morgan fingerprint density at radius 1 is 1.33 bits per heavy atom. The van der Waals surface area contributed by atoms with Gasteiger partial charge in [0.05, 0.1) is 4.90 Å². The second kappa shape index (κ2) is 5.90. The number of hydrogen-bond donors (Lipinski definition) is 1. The van der Waals surface area contributed by atoms with Gasteiger partial charge in [-0.3, -0.25) is 0 Å². The lowest BCUT2D eigenvalue weighted by atomic mass is 10.2. The van der Waals surface area contributed by atoms with E-state index in [-0.39, 0.29) is 15.4 Å². The number of nitrogens with one attached hydrogen (secondary N) is 1. The monoisotopic (exact) mass is 353 g/mol. The second-order valence-corrected chi connectivity index (χ2v) is 7.84. The van der Waals surface area contributed by atoms with Crippen molar-refractivity contribution in [3.05, 3.63) is 28.5 Å². The third-order valence-electron chi connectivity index (χ3n) is 2.73. The molecule has 0 aliphatic carbocycles. The maximum atomic E-state index is 12.9. The van der Waals surface area contributed by atoms with Crippen molar-refractivity contribution < 1.29 is 12.8 Å². The lowest BCUT2D eigenvalue weighted by molar-refractivity contribution is 0.528. The van der Waals surface area contributed by atoms with Gasteiger partial charge < -0.3 is 0 Å². The molecule has 1 aliphatic heterocycles. The van der Waals surface area contributed by atoms with Gasteiger partial charge in [0, 0.05) is 10.5 Å². The number of thioether (sulfide) groups is 1. The lowest BCUT2D eigenvalue weighted by Crippen LogP contribution is -2.37. The minimum atomic E-state index is -3.58. The van der Waals surface area contributed by atoms with Crippen LogP contribution in [0.2, 0.25) is 0 Å². The molecule has 0 unspecified atom stereocenters. The van der Waals surface area contributed by atoms with Crippen LogP contribution >= 0.6 is 27.7 Å². The summed E-state index contributed by atoms with van der Waals surface area (Å²) in [5.41, 5.74) is 0. The van der Waals surface area contributed by atoms with E-state index in [0.29, 0.717) is 0 Å². The maximum Gasteiger partial charge on any atom is 0.241 e. The predicted octanol–water partition coefficient (Wildman–Crippen LogP) is 2.76. The molecule has 0 amide bonds. The Balaban J connectivity index is 2.19. The predicted molar refractivity (Wildman–Crippen MR) is 74.8 cm³/mol. The molecule has 1 aromatic rings. The van der Waals surface area contributed by atoms with Crippen molar-refractivity contribution in [1.82, 2.24) is 4.72 Å². The van der Waals surface area contributed by atoms with Crippen LogP contribution < -0.4 is 4.72 Å². The molecule has 1 fully saturated rings. The van der Waals surface area contributed by atoms with Crippen molar-refractivity contribution in [3.63, 3.8) is 0 Å². The molecule has 0 spiro atoms. The van der Waals surface area contributed by atoms with Gasteiger partial charge in [-0.2, -0.15) is 11.8 Å². The Bertz CT molecular complexity index is 530. The summed E-state index contributed by atoms with van der Waals surface area (Å²) in [6.45, 7) is 0. The number of benzene rings is 1. The van der Waals surface area contributed by atoms with E-state index in [1.54, 1.807) is 0 Å². The highest BCUT2D eigenvalue weighted by Gasteiger charge is 2.23. The standard InChI is InChI=1S/C11H13BrFNO2S2/c12-10-7-8(13)1-2-11(10)18(15,16)14-9-3-5-17-6-4-9/h1-2,7,9,14H,3-6H2. The number of sulfonamides is 1. The van der Waals surface area contributed by atoms with Gasteiger partial charge >= 0.3 is 0 Å². The van der Waals surface area contributed by atoms with Crippen LogP contribution in [-0.4, -0.2) is 26.0 Å². The van der Waals surface area contributed by atoms with Gasteiger partial charge in [0.25, 0.3) is 0 Å². The highest BCUT2D eigenvalue weighted by molar-refractivity contribution is 9.10. The topological polar surface area (TPSA) is 46.2 Å². The first kappa shape index (κ1) is 14.3. The van der Waals surface area contributed by atoms with Crippen LogP contribution in [0, 0.1) is 5.82 Å². The van der Waals surface area contributed by atoms with Gasteiger partial charge in [-0.1, -0.05) is 0 Å². The zero-order valence-corrected chi connectivity index (χ0v) is 12.7. The largest absolute Gasteiger partial charge is 0.241 e. The average molecular weight is 354 g/mol. The van der Waals surface area contributed by atoms with Crippen LogP contribution in [0.4, 0.5) is 4.39 Å². The average Bonchev–Trinajstić information content (AvgIpc) is 2.29. The fourth-order valence-corrected chi connectivity index (χ4v) is 5.25. The molecule has 7 heteroatoms. The summed E-state index contributed by atoms with van der Waals surface area (Å²) < 4.78 is 40.2. The minimum Gasteiger partial charge on any atom is -0.208 e. The molecule has 0 atom stereocenters. The SMILES string of the molecule is O=S(=O)(NC1CCSCC1)c1ccc(F)cc1Br. The zero-order valence-electron chi connectivity index (χ0n) is 9.53. The Kier molecular flexibility index (Phi) is 4.69. The molecule has 0 saturated carbocycles. The smallest absolute Gasteiger partial charge is 0.208 e. The molecule has 2 rings (SSSR count). The van der Waals surface area contributed by atoms with Crippen molar-refractivity contribution in [2.45, 2.75) is 23.8 Å². The summed E-state index contributed by atoms with van der Waals surface area (Å²) in [5, 5.41) is 0. The summed E-state index contributed by atoms with van der Waals surface area (Å²) in [6, 6.07) is 3.56. The number of halogens is 2. The summed E-state index contributed by atoms with van der Waals surface area (Å²) in [4.78, 5) is 0.0853. The number of rotatable bonds is 3. The summed E-state index contributed by atoms with van der Waals surface area (Å²) in [7, 11) is -3.58. The highest BCUT2D eigenvalue weighted by Crippen LogP contribution is 2.24. The van der Waals surface area contributed by atoms with Gasteiger partial charge in [-0.05, 0) is 58.5 Å². The Morgan fingerprint density at radius 2 is 2.00 bits per heavy atom. The molecule has 18 heavy (non-hydrogen) atoms. The fourth-order valence-electron chi connectivity index (χ4n) is 1.79. The molecule has 0 radical (unpaired) electrons. The van der Waals surface area contributed by atoms with Crippen molar-refractivity contribution >= 4 is 37.7 Å². The molecule has 1 N–H and O–H groups in total. The fraction of sp³-hybridized carbons (Fsp3) is 0.455. The molecular formula is C11H13BrFNO2S2. The second-order valence-electron chi connectivity index (χ2n) is 4.08. The summed E-state index contributed by atoms with van der Waals surface area (Å²) >= 11 is 4.92. The van der Waals surface area contributed by atoms with Gasteiger partial charge in [0.1, 0.15) is 5.82 Å². The van der Waals surface area contributed by atoms with E-state index in [0.717, 1.165) is 36.5 Å². The first-order valence-corrected chi connectivity index (χ1v) is 8.97. The molecule has 1 aliphatic rings. The Labute approximate surface area is 119 Å². The van der Waals surface area contributed by atoms with Crippen molar-refractivity contribution in [1.29, 1.82) is 0 Å². The molecular weight excluding hydrogens is 341 g/mol. The third-order valence-corrected chi connectivity index (χ3v) is 6.27. The molecule has 1 saturated heterocycles. The molecule has 0 aromatic heterocycles. The maximum absolute atomic E-state index is 12.9. The summed E-state index contributed by atoms with van der Waals surface area (Å²) in [6.07, 6.45) is 1.67. The van der Waals surface area contributed by atoms with E-state index in [1.165, 1.54) is 6.07 Å². The van der Waals surface area contributed by atoms with Gasteiger partial charge in [0.2, 0.25) is 10.0 Å². The van der Waals surface area contributed by atoms with Crippen molar-refractivity contribution in [2.75, 3.05) is 11.5 Å². The van der Waals surface area contributed by atoms with Crippen molar-refractivity contribution in [3.8, 4) is 0 Å². The van der Waals surface area contributed by atoms with Crippen LogP contribution in [0.5, 0.6) is 0 Å². The first-order valence-electron chi connectivity index (χ1n) is 5.54. The van der Waals surface area contributed by atoms with E-state index in [2.05, 4.69) is 20.7 Å². The minimum absolute atomic E-state index is 0.0202. The first-order chi connectivity index (χ1) is 8.49. The Morgan fingerprint density at radius 3 is 2.61 bits per heavy atom. The van der Waals surface area contributed by atoms with Crippen LogP contribution in [0.25, 0.3) is 0 Å². The molecule has 1 aromatic carbocycles. The molecule has 1 heterocycles. The zero-order chi connectivity index (χ0) is 13.2. The highest BCUT2D eigenvalue weighted by atomic mass is 79.9. The molecule has 100 valence electrons. The Hall–Kier alpha value is -0.110. The van der Waals surface area contributed by atoms with Crippen LogP contribution in [0.1, 0.15) is 12.8 Å². The van der Waals surface area contributed by atoms with E-state index in [4.69, 9.17) is 0 Å². The van der Waals surface area contributed by atoms with Crippen LogP contribution in [-0.2, 0) is 10.0 Å². The van der Waals surface area contributed by atoms with Gasteiger partial charge in [-0.15, -0.1) is 0 Å². The van der Waals surface area contributed by atoms with E-state index in [1.807, 2.05) is 11.8 Å². The third kappa shape index (κ3) is 3.46. The van der Waals surface area contributed by atoms with Crippen LogP contribution in [0.3, 0.4) is 0 Å². The quantitative estimate of drug-likeness (QED) is 0.908. The lowest BCUT2D eigenvalue weighted by Gasteiger charge is -2.22. The van der Waals surface area contributed by atoms with Gasteiger partial charge in [0.15, 0.2) is 0 Å². The normalized spacial score (nSPS) is 17.9. The summed E-state index contributed by atoms with van der Waals surface area (Å²) in [5.74, 6) is 1.48. The van der Waals surface area contributed by atoms with Gasteiger partial charge in [-0.25, -0.2) is 17.5 Å². The van der Waals surface area contributed by atoms with E-state index >= 15 is 0 Å². The van der Waals surface area contributed by atoms with Crippen LogP contribution in [0.15, 0.2) is 27.6 Å².